The lowest BCUT2D eigenvalue weighted by Crippen LogP contribution is -2.35. The van der Waals surface area contributed by atoms with E-state index in [0.29, 0.717) is 18.5 Å². The Balaban J connectivity index is 2.46. The molecule has 1 rings (SSSR count). The summed E-state index contributed by atoms with van der Waals surface area (Å²) in [4.78, 5) is 23.7. The summed E-state index contributed by atoms with van der Waals surface area (Å²) in [6, 6.07) is 7.52. The summed E-state index contributed by atoms with van der Waals surface area (Å²) >= 11 is 0. The Bertz CT molecular complexity index is 474. The lowest BCUT2D eigenvalue weighted by Gasteiger charge is -2.13. The van der Waals surface area contributed by atoms with Crippen LogP contribution >= 0.6 is 0 Å². The number of hydrogen-bond donors (Lipinski definition) is 3. The lowest BCUT2D eigenvalue weighted by atomic mass is 10.1. The van der Waals surface area contributed by atoms with E-state index in [4.69, 9.17) is 0 Å². The Morgan fingerprint density at radius 1 is 1.19 bits per heavy atom. The number of benzene rings is 1. The van der Waals surface area contributed by atoms with Crippen LogP contribution in [-0.2, 0) is 4.79 Å². The van der Waals surface area contributed by atoms with Crippen molar-refractivity contribution in [2.45, 2.75) is 39.7 Å². The second kappa shape index (κ2) is 9.00. The van der Waals surface area contributed by atoms with E-state index in [9.17, 15) is 9.59 Å². The highest BCUT2D eigenvalue weighted by Gasteiger charge is 2.11. The molecule has 21 heavy (non-hydrogen) atoms. The molecular formula is C16H25N3O2. The lowest BCUT2D eigenvalue weighted by molar-refractivity contribution is -0.121. The molecule has 1 aromatic rings. The fourth-order valence-electron chi connectivity index (χ4n) is 1.86. The molecule has 0 fully saturated rings. The van der Waals surface area contributed by atoms with Crippen molar-refractivity contribution in [1.82, 2.24) is 10.6 Å². The zero-order chi connectivity index (χ0) is 15.7. The van der Waals surface area contributed by atoms with Crippen LogP contribution < -0.4 is 16.0 Å². The smallest absolute Gasteiger partial charge is 0.253 e. The largest absolute Gasteiger partial charge is 0.385 e. The van der Waals surface area contributed by atoms with Crippen LogP contribution in [0.25, 0.3) is 0 Å². The average molecular weight is 291 g/mol. The van der Waals surface area contributed by atoms with Crippen LogP contribution in [0, 0.1) is 0 Å². The third kappa shape index (κ3) is 5.85. The molecule has 5 nitrogen and oxygen atoms in total. The van der Waals surface area contributed by atoms with Crippen molar-refractivity contribution in [3.63, 3.8) is 0 Å². The Labute approximate surface area is 126 Å². The van der Waals surface area contributed by atoms with Crippen LogP contribution in [-0.4, -0.2) is 30.9 Å². The minimum Gasteiger partial charge on any atom is -0.385 e. The summed E-state index contributed by atoms with van der Waals surface area (Å²) in [7, 11) is 0. The maximum Gasteiger partial charge on any atom is 0.253 e. The van der Waals surface area contributed by atoms with E-state index in [1.54, 1.807) is 6.07 Å². The van der Waals surface area contributed by atoms with E-state index in [-0.39, 0.29) is 17.9 Å². The fourth-order valence-corrected chi connectivity index (χ4v) is 1.86. The van der Waals surface area contributed by atoms with Gasteiger partial charge in [0.25, 0.3) is 5.91 Å². The maximum absolute atomic E-state index is 12.1. The van der Waals surface area contributed by atoms with Crippen molar-refractivity contribution in [3.8, 4) is 0 Å². The van der Waals surface area contributed by atoms with Crippen molar-refractivity contribution in [2.75, 3.05) is 18.4 Å². The number of nitrogens with one attached hydrogen (secondary N) is 3. The highest BCUT2D eigenvalue weighted by atomic mass is 16.2. The predicted molar refractivity (Wildman–Crippen MR) is 85.5 cm³/mol. The second-order valence-electron chi connectivity index (χ2n) is 4.96. The molecule has 5 heteroatoms. The highest BCUT2D eigenvalue weighted by Crippen LogP contribution is 2.14. The van der Waals surface area contributed by atoms with Crippen LogP contribution in [0.4, 0.5) is 5.69 Å². The van der Waals surface area contributed by atoms with Gasteiger partial charge in [0.05, 0.1) is 5.56 Å². The first-order valence-corrected chi connectivity index (χ1v) is 7.48. The number of rotatable bonds is 8. The summed E-state index contributed by atoms with van der Waals surface area (Å²) in [5, 5.41) is 8.80. The molecule has 0 heterocycles. The maximum atomic E-state index is 12.1. The van der Waals surface area contributed by atoms with E-state index < -0.39 is 0 Å². The minimum atomic E-state index is -0.164. The molecule has 0 saturated heterocycles. The van der Waals surface area contributed by atoms with Crippen molar-refractivity contribution in [1.29, 1.82) is 0 Å². The van der Waals surface area contributed by atoms with Crippen molar-refractivity contribution in [3.05, 3.63) is 29.8 Å². The Morgan fingerprint density at radius 3 is 2.57 bits per heavy atom. The molecule has 0 aliphatic carbocycles. The number of anilines is 1. The highest BCUT2D eigenvalue weighted by molar-refractivity contribution is 5.99. The van der Waals surface area contributed by atoms with E-state index >= 15 is 0 Å². The number of carbonyl (C=O) groups is 2. The van der Waals surface area contributed by atoms with Crippen molar-refractivity contribution >= 4 is 17.5 Å². The molecule has 0 aliphatic heterocycles. The van der Waals surface area contributed by atoms with Crippen LogP contribution in [0.15, 0.2) is 24.3 Å². The van der Waals surface area contributed by atoms with E-state index in [1.807, 2.05) is 39.0 Å². The molecule has 1 unspecified atom stereocenters. The quantitative estimate of drug-likeness (QED) is 0.687. The Hall–Kier alpha value is -2.04. The van der Waals surface area contributed by atoms with Gasteiger partial charge >= 0.3 is 0 Å². The second-order valence-corrected chi connectivity index (χ2v) is 4.96. The van der Waals surface area contributed by atoms with Gasteiger partial charge in [-0.15, -0.1) is 0 Å². The molecule has 0 aromatic heterocycles. The number of hydrogen-bond acceptors (Lipinski definition) is 3. The fraction of sp³-hybridized carbons (Fsp3) is 0.500. The topological polar surface area (TPSA) is 70.2 Å². The molecule has 1 atom stereocenters. The first-order valence-electron chi connectivity index (χ1n) is 7.48. The number of amides is 2. The third-order valence-corrected chi connectivity index (χ3v) is 3.20. The van der Waals surface area contributed by atoms with Gasteiger partial charge < -0.3 is 16.0 Å². The van der Waals surface area contributed by atoms with E-state index in [0.717, 1.165) is 18.7 Å². The zero-order valence-electron chi connectivity index (χ0n) is 13.0. The third-order valence-electron chi connectivity index (χ3n) is 3.20. The Morgan fingerprint density at radius 2 is 1.90 bits per heavy atom. The molecule has 2 amide bonds. The number of carbonyl (C=O) groups excluding carboxylic acids is 2. The van der Waals surface area contributed by atoms with Crippen LogP contribution in [0.2, 0.25) is 0 Å². The molecule has 0 saturated carbocycles. The molecular weight excluding hydrogens is 266 g/mol. The van der Waals surface area contributed by atoms with Gasteiger partial charge in [0.2, 0.25) is 5.91 Å². The van der Waals surface area contributed by atoms with Gasteiger partial charge in [0.1, 0.15) is 0 Å². The summed E-state index contributed by atoms with van der Waals surface area (Å²) < 4.78 is 0. The van der Waals surface area contributed by atoms with Crippen LogP contribution in [0.5, 0.6) is 0 Å². The van der Waals surface area contributed by atoms with Gasteiger partial charge in [0.15, 0.2) is 0 Å². The number of para-hydroxylation sites is 1. The molecule has 0 spiro atoms. The predicted octanol–water partition coefficient (Wildman–Crippen LogP) is 2.15. The van der Waals surface area contributed by atoms with E-state index in [1.165, 1.54) is 0 Å². The Kier molecular flexibility index (Phi) is 7.29. The molecule has 3 N–H and O–H groups in total. The summed E-state index contributed by atoms with van der Waals surface area (Å²) in [5.41, 5.74) is 1.41. The molecule has 0 bridgehead atoms. The van der Waals surface area contributed by atoms with Gasteiger partial charge in [-0.2, -0.15) is 0 Å². The van der Waals surface area contributed by atoms with Gasteiger partial charge in [-0.05, 0) is 32.4 Å². The van der Waals surface area contributed by atoms with Gasteiger partial charge in [0, 0.05) is 31.2 Å². The monoisotopic (exact) mass is 291 g/mol. The van der Waals surface area contributed by atoms with Gasteiger partial charge in [-0.25, -0.2) is 0 Å². The average Bonchev–Trinajstić information content (AvgIpc) is 2.47. The van der Waals surface area contributed by atoms with Crippen LogP contribution in [0.1, 0.15) is 44.0 Å². The minimum absolute atomic E-state index is 0.0374. The zero-order valence-corrected chi connectivity index (χ0v) is 13.0. The van der Waals surface area contributed by atoms with Crippen molar-refractivity contribution < 1.29 is 9.59 Å². The van der Waals surface area contributed by atoms with Crippen LogP contribution in [0.3, 0.4) is 0 Å². The first kappa shape index (κ1) is 17.0. The standard InChI is InChI=1S/C16H25N3O2/c1-4-12(3)19-15(20)10-11-18-16(21)13-8-6-7-9-14(13)17-5-2/h6-9,12,17H,4-5,10-11H2,1-3H3,(H,18,21)(H,19,20). The van der Waals surface area contributed by atoms with Crippen molar-refractivity contribution in [2.24, 2.45) is 0 Å². The molecule has 0 radical (unpaired) electrons. The first-order chi connectivity index (χ1) is 10.1. The van der Waals surface area contributed by atoms with E-state index in [2.05, 4.69) is 16.0 Å². The SMILES string of the molecule is CCNc1ccccc1C(=O)NCCC(=O)NC(C)CC. The normalized spacial score (nSPS) is 11.6. The summed E-state index contributed by atoms with van der Waals surface area (Å²) in [6.45, 7) is 7.05. The molecule has 0 aliphatic rings. The summed E-state index contributed by atoms with van der Waals surface area (Å²) in [6.07, 6.45) is 1.19. The molecule has 116 valence electrons. The molecule has 1 aromatic carbocycles. The van der Waals surface area contributed by atoms with Gasteiger partial charge in [-0.3, -0.25) is 9.59 Å². The van der Waals surface area contributed by atoms with Gasteiger partial charge in [-0.1, -0.05) is 19.1 Å². The summed E-state index contributed by atoms with van der Waals surface area (Å²) in [5.74, 6) is -0.201.